The van der Waals surface area contributed by atoms with E-state index in [1.54, 1.807) is 12.1 Å². The molecule has 146 valence electrons. The van der Waals surface area contributed by atoms with Crippen LogP contribution in [0.1, 0.15) is 17.2 Å². The van der Waals surface area contributed by atoms with Crippen molar-refractivity contribution in [1.82, 2.24) is 0 Å². The Labute approximate surface area is 168 Å². The number of carbonyl (C=O) groups is 1. The normalized spacial score (nSPS) is 18.3. The molecule has 2 unspecified atom stereocenters. The predicted molar refractivity (Wildman–Crippen MR) is 110 cm³/mol. The molecule has 0 aromatic heterocycles. The van der Waals surface area contributed by atoms with E-state index in [2.05, 4.69) is 10.3 Å². The first-order chi connectivity index (χ1) is 14.2. The van der Waals surface area contributed by atoms with Gasteiger partial charge in [-0.05, 0) is 29.8 Å². The van der Waals surface area contributed by atoms with Gasteiger partial charge in [-0.2, -0.15) is 0 Å². The van der Waals surface area contributed by atoms with Gasteiger partial charge in [0.15, 0.2) is 12.2 Å². The van der Waals surface area contributed by atoms with Crippen molar-refractivity contribution in [2.24, 2.45) is 4.99 Å². The Bertz CT molecular complexity index is 1010. The van der Waals surface area contributed by atoms with Crippen LogP contribution in [0.3, 0.4) is 0 Å². The molecule has 0 saturated carbocycles. The zero-order chi connectivity index (χ0) is 20.1. The van der Waals surface area contributed by atoms with E-state index in [0.29, 0.717) is 11.6 Å². The highest BCUT2D eigenvalue weighted by atomic mass is 16.6. The van der Waals surface area contributed by atoms with Crippen LogP contribution in [0.5, 0.6) is 5.75 Å². The lowest BCUT2D eigenvalue weighted by Gasteiger charge is -2.31. The van der Waals surface area contributed by atoms with E-state index < -0.39 is 18.3 Å². The number of hydrogen-bond acceptors (Lipinski definition) is 5. The second kappa shape index (κ2) is 8.48. The molecule has 4 rings (SSSR count). The molecule has 2 N–H and O–H groups in total. The minimum Gasteiger partial charge on any atom is -0.508 e. The van der Waals surface area contributed by atoms with Crippen molar-refractivity contribution in [3.05, 3.63) is 96.1 Å². The summed E-state index contributed by atoms with van der Waals surface area (Å²) < 4.78 is 11.8. The molecule has 29 heavy (non-hydrogen) atoms. The Balaban J connectivity index is 1.54. The maximum atomic E-state index is 12.4. The van der Waals surface area contributed by atoms with Gasteiger partial charge in [-0.15, -0.1) is 0 Å². The van der Waals surface area contributed by atoms with Crippen LogP contribution in [0.25, 0.3) is 0 Å². The summed E-state index contributed by atoms with van der Waals surface area (Å²) >= 11 is 0. The van der Waals surface area contributed by atoms with Crippen molar-refractivity contribution in [2.75, 3.05) is 11.9 Å². The summed E-state index contributed by atoms with van der Waals surface area (Å²) in [6.07, 6.45) is -1.72. The van der Waals surface area contributed by atoms with Gasteiger partial charge in [0.05, 0.1) is 6.54 Å². The second-order valence-electron chi connectivity index (χ2n) is 6.58. The molecule has 0 bridgehead atoms. The standard InChI is InChI=1S/C23H20N2O4/c26-19-13-7-12-18(14-19)25-23(27)28-20-15-24-22(17-10-5-2-6-11-17)29-21(20)16-8-3-1-4-9-16/h1-14,20-21,26H,15H2,(H,25,27). The summed E-state index contributed by atoms with van der Waals surface area (Å²) in [6.45, 7) is 0.275. The number of benzene rings is 3. The Morgan fingerprint density at radius 2 is 1.72 bits per heavy atom. The van der Waals surface area contributed by atoms with Crippen LogP contribution in [0.4, 0.5) is 10.5 Å². The van der Waals surface area contributed by atoms with Crippen molar-refractivity contribution in [1.29, 1.82) is 0 Å². The molecule has 1 amide bonds. The first-order valence-electron chi connectivity index (χ1n) is 9.27. The Hall–Kier alpha value is -3.80. The third-order valence-electron chi connectivity index (χ3n) is 4.49. The molecule has 1 aliphatic heterocycles. The first-order valence-corrected chi connectivity index (χ1v) is 9.27. The summed E-state index contributed by atoms with van der Waals surface area (Å²) in [6, 6.07) is 25.5. The summed E-state index contributed by atoms with van der Waals surface area (Å²) in [4.78, 5) is 16.9. The van der Waals surface area contributed by atoms with Crippen molar-refractivity contribution in [2.45, 2.75) is 12.2 Å². The van der Waals surface area contributed by atoms with Gasteiger partial charge in [0.1, 0.15) is 5.75 Å². The van der Waals surface area contributed by atoms with Crippen LogP contribution in [0.15, 0.2) is 89.9 Å². The van der Waals surface area contributed by atoms with Gasteiger partial charge in [-0.3, -0.25) is 5.32 Å². The van der Waals surface area contributed by atoms with Gasteiger partial charge in [0.25, 0.3) is 0 Å². The van der Waals surface area contributed by atoms with E-state index in [4.69, 9.17) is 9.47 Å². The van der Waals surface area contributed by atoms with Gasteiger partial charge in [0, 0.05) is 17.3 Å². The largest absolute Gasteiger partial charge is 0.508 e. The monoisotopic (exact) mass is 388 g/mol. The highest BCUT2D eigenvalue weighted by Gasteiger charge is 2.33. The molecule has 3 aromatic rings. The fourth-order valence-corrected chi connectivity index (χ4v) is 3.14. The number of phenols is 1. The molecule has 6 heteroatoms. The average molecular weight is 388 g/mol. The molecular weight excluding hydrogens is 368 g/mol. The highest BCUT2D eigenvalue weighted by Crippen LogP contribution is 2.29. The minimum absolute atomic E-state index is 0.0584. The molecule has 1 heterocycles. The number of anilines is 1. The Kier molecular flexibility index (Phi) is 5.42. The molecule has 0 radical (unpaired) electrons. The van der Waals surface area contributed by atoms with Gasteiger partial charge in [-0.25, -0.2) is 9.79 Å². The minimum atomic E-state index is -0.636. The Morgan fingerprint density at radius 3 is 2.45 bits per heavy atom. The number of ether oxygens (including phenoxy) is 2. The summed E-state index contributed by atoms with van der Waals surface area (Å²) in [5.74, 6) is 0.579. The highest BCUT2D eigenvalue weighted by molar-refractivity contribution is 5.94. The molecule has 2 atom stereocenters. The quantitative estimate of drug-likeness (QED) is 0.688. The van der Waals surface area contributed by atoms with Crippen molar-refractivity contribution in [3.8, 4) is 5.75 Å². The maximum absolute atomic E-state index is 12.4. The van der Waals surface area contributed by atoms with Gasteiger partial charge < -0.3 is 14.6 Å². The second-order valence-corrected chi connectivity index (χ2v) is 6.58. The van der Waals surface area contributed by atoms with E-state index >= 15 is 0 Å². The third-order valence-corrected chi connectivity index (χ3v) is 4.49. The zero-order valence-electron chi connectivity index (χ0n) is 15.6. The van der Waals surface area contributed by atoms with Crippen LogP contribution in [0.2, 0.25) is 0 Å². The van der Waals surface area contributed by atoms with E-state index in [1.807, 2.05) is 60.7 Å². The molecule has 1 aliphatic rings. The van der Waals surface area contributed by atoms with Crippen LogP contribution in [-0.4, -0.2) is 29.7 Å². The van der Waals surface area contributed by atoms with E-state index in [9.17, 15) is 9.90 Å². The topological polar surface area (TPSA) is 80.2 Å². The number of amides is 1. The summed E-state index contributed by atoms with van der Waals surface area (Å²) in [5, 5.41) is 12.2. The number of phenolic OH excluding ortho intramolecular Hbond substituents is 1. The maximum Gasteiger partial charge on any atom is 0.412 e. The van der Waals surface area contributed by atoms with Gasteiger partial charge >= 0.3 is 6.09 Å². The predicted octanol–water partition coefficient (Wildman–Crippen LogP) is 4.53. The Morgan fingerprint density at radius 1 is 1.00 bits per heavy atom. The molecule has 6 nitrogen and oxygen atoms in total. The third kappa shape index (κ3) is 4.55. The number of carbonyl (C=O) groups excluding carboxylic acids is 1. The number of nitrogens with zero attached hydrogens (tertiary/aromatic N) is 1. The van der Waals surface area contributed by atoms with Gasteiger partial charge in [0.2, 0.25) is 5.90 Å². The first kappa shape index (κ1) is 18.6. The zero-order valence-corrected chi connectivity index (χ0v) is 15.6. The number of hydrogen-bond donors (Lipinski definition) is 2. The van der Waals surface area contributed by atoms with Crippen LogP contribution in [0, 0.1) is 0 Å². The molecule has 3 aromatic carbocycles. The van der Waals surface area contributed by atoms with Gasteiger partial charge in [-0.1, -0.05) is 54.6 Å². The molecule has 0 spiro atoms. The lowest BCUT2D eigenvalue weighted by molar-refractivity contribution is 0.00996. The molecular formula is C23H20N2O4. The van der Waals surface area contributed by atoms with E-state index in [0.717, 1.165) is 11.1 Å². The van der Waals surface area contributed by atoms with Crippen LogP contribution < -0.4 is 5.32 Å². The summed E-state index contributed by atoms with van der Waals surface area (Å²) in [5.41, 5.74) is 2.21. The smallest absolute Gasteiger partial charge is 0.412 e. The SMILES string of the molecule is O=C(Nc1cccc(O)c1)OC1CN=C(c2ccccc2)OC1c1ccccc1. The average Bonchev–Trinajstić information content (AvgIpc) is 2.75. The van der Waals surface area contributed by atoms with E-state index in [-0.39, 0.29) is 12.3 Å². The number of aromatic hydroxyl groups is 1. The lowest BCUT2D eigenvalue weighted by Crippen LogP contribution is -2.37. The van der Waals surface area contributed by atoms with Crippen molar-refractivity contribution < 1.29 is 19.4 Å². The molecule has 0 saturated heterocycles. The van der Waals surface area contributed by atoms with Crippen LogP contribution in [-0.2, 0) is 9.47 Å². The van der Waals surface area contributed by atoms with Crippen LogP contribution >= 0.6 is 0 Å². The fourth-order valence-electron chi connectivity index (χ4n) is 3.14. The number of nitrogens with one attached hydrogen (secondary N) is 1. The molecule has 0 aliphatic carbocycles. The number of aliphatic imine (C=N–C) groups is 1. The molecule has 0 fully saturated rings. The number of rotatable bonds is 4. The summed E-state index contributed by atoms with van der Waals surface area (Å²) in [7, 11) is 0. The van der Waals surface area contributed by atoms with Crippen molar-refractivity contribution >= 4 is 17.7 Å². The van der Waals surface area contributed by atoms with Crippen molar-refractivity contribution in [3.63, 3.8) is 0 Å². The fraction of sp³-hybridized carbons (Fsp3) is 0.130. The lowest BCUT2D eigenvalue weighted by atomic mass is 10.0. The van der Waals surface area contributed by atoms with E-state index in [1.165, 1.54) is 12.1 Å².